The van der Waals surface area contributed by atoms with Gasteiger partial charge in [0.15, 0.2) is 0 Å². The minimum atomic E-state index is -0.389. The molecule has 0 aliphatic carbocycles. The van der Waals surface area contributed by atoms with Crippen molar-refractivity contribution in [2.45, 2.75) is 39.5 Å². The lowest BCUT2D eigenvalue weighted by atomic mass is 10.1. The van der Waals surface area contributed by atoms with Crippen LogP contribution in [0.4, 0.5) is 10.1 Å². The van der Waals surface area contributed by atoms with E-state index in [1.807, 2.05) is 24.3 Å². The molecular weight excluding hydrogens is 395 g/mol. The Kier molecular flexibility index (Phi) is 6.15. The van der Waals surface area contributed by atoms with Crippen molar-refractivity contribution in [3.05, 3.63) is 77.4 Å². The molecule has 1 aliphatic rings. The number of hydrogen-bond acceptors (Lipinski definition) is 4. The molecule has 1 aliphatic heterocycles. The molecule has 4 rings (SSSR count). The smallest absolute Gasteiger partial charge is 0.259 e. The highest BCUT2D eigenvalue weighted by molar-refractivity contribution is 6.05. The fourth-order valence-corrected chi connectivity index (χ4v) is 4.12. The van der Waals surface area contributed by atoms with E-state index in [-0.39, 0.29) is 23.9 Å². The molecule has 2 unspecified atom stereocenters. The number of ether oxygens (including phenoxy) is 1. The summed E-state index contributed by atoms with van der Waals surface area (Å²) in [5, 5.41) is 7.25. The van der Waals surface area contributed by atoms with Gasteiger partial charge in [0.05, 0.1) is 29.7 Å². The molecule has 1 amide bonds. The van der Waals surface area contributed by atoms with E-state index in [2.05, 4.69) is 29.2 Å². The monoisotopic (exact) mass is 422 g/mol. The molecule has 0 spiro atoms. The van der Waals surface area contributed by atoms with Crippen molar-refractivity contribution in [1.29, 1.82) is 0 Å². The number of hydrogen-bond donors (Lipinski definition) is 1. The normalized spacial score (nSPS) is 19.4. The Bertz CT molecular complexity index is 1070. The number of nitrogens with zero attached hydrogens (tertiary/aromatic N) is 3. The van der Waals surface area contributed by atoms with Crippen molar-refractivity contribution in [3.63, 3.8) is 0 Å². The van der Waals surface area contributed by atoms with Crippen molar-refractivity contribution in [1.82, 2.24) is 14.7 Å². The van der Waals surface area contributed by atoms with Gasteiger partial charge >= 0.3 is 0 Å². The summed E-state index contributed by atoms with van der Waals surface area (Å²) >= 11 is 0. The van der Waals surface area contributed by atoms with Gasteiger partial charge in [0.1, 0.15) is 11.5 Å². The molecular formula is C24H27FN4O2. The van der Waals surface area contributed by atoms with Gasteiger partial charge in [-0.25, -0.2) is 9.07 Å². The Morgan fingerprint density at radius 1 is 1.13 bits per heavy atom. The van der Waals surface area contributed by atoms with E-state index in [1.54, 1.807) is 25.1 Å². The number of halogens is 1. The van der Waals surface area contributed by atoms with Gasteiger partial charge in [-0.1, -0.05) is 30.3 Å². The van der Waals surface area contributed by atoms with Crippen LogP contribution in [0, 0.1) is 12.7 Å². The first-order chi connectivity index (χ1) is 14.9. The van der Waals surface area contributed by atoms with Gasteiger partial charge in [-0.2, -0.15) is 5.10 Å². The van der Waals surface area contributed by atoms with E-state index >= 15 is 0 Å². The molecule has 31 heavy (non-hydrogen) atoms. The Morgan fingerprint density at radius 3 is 2.55 bits per heavy atom. The molecule has 2 aromatic carbocycles. The molecule has 2 atom stereocenters. The molecule has 3 aromatic rings. The lowest BCUT2D eigenvalue weighted by Gasteiger charge is -2.35. The summed E-state index contributed by atoms with van der Waals surface area (Å²) in [5.74, 6) is -0.656. The van der Waals surface area contributed by atoms with Gasteiger partial charge in [0.25, 0.3) is 5.91 Å². The molecule has 1 fully saturated rings. The van der Waals surface area contributed by atoms with Gasteiger partial charge in [-0.15, -0.1) is 0 Å². The first-order valence-electron chi connectivity index (χ1n) is 10.5. The number of morpholine rings is 1. The second-order valence-electron chi connectivity index (χ2n) is 8.07. The highest BCUT2D eigenvalue weighted by Gasteiger charge is 2.23. The molecule has 7 heteroatoms. The highest BCUT2D eigenvalue weighted by Crippen LogP contribution is 2.22. The summed E-state index contributed by atoms with van der Waals surface area (Å²) in [6, 6.07) is 14.2. The fourth-order valence-electron chi connectivity index (χ4n) is 4.12. The number of carbonyl (C=O) groups excluding carboxylic acids is 1. The number of carbonyl (C=O) groups is 1. The minimum Gasteiger partial charge on any atom is -0.373 e. The van der Waals surface area contributed by atoms with E-state index in [0.717, 1.165) is 30.9 Å². The Morgan fingerprint density at radius 2 is 1.81 bits per heavy atom. The topological polar surface area (TPSA) is 59.4 Å². The molecule has 1 N–H and O–H groups in total. The van der Waals surface area contributed by atoms with Gasteiger partial charge in [-0.3, -0.25) is 9.69 Å². The summed E-state index contributed by atoms with van der Waals surface area (Å²) in [6.07, 6.45) is 1.83. The molecule has 0 saturated carbocycles. The number of amides is 1. The summed E-state index contributed by atoms with van der Waals surface area (Å²) < 4.78 is 21.4. The van der Waals surface area contributed by atoms with E-state index < -0.39 is 0 Å². The van der Waals surface area contributed by atoms with Crippen LogP contribution in [0.5, 0.6) is 0 Å². The zero-order valence-electron chi connectivity index (χ0n) is 18.0. The molecule has 2 heterocycles. The third kappa shape index (κ3) is 4.68. The van der Waals surface area contributed by atoms with Crippen molar-refractivity contribution < 1.29 is 13.9 Å². The number of nitrogens with one attached hydrogen (secondary N) is 1. The summed E-state index contributed by atoms with van der Waals surface area (Å²) in [6.45, 7) is 8.33. The number of aromatic nitrogens is 2. The van der Waals surface area contributed by atoms with Crippen LogP contribution < -0.4 is 5.32 Å². The molecule has 162 valence electrons. The molecule has 1 saturated heterocycles. The number of anilines is 1. The maximum absolute atomic E-state index is 14.2. The van der Waals surface area contributed by atoms with Crippen molar-refractivity contribution >= 4 is 11.6 Å². The van der Waals surface area contributed by atoms with Crippen molar-refractivity contribution in [3.8, 4) is 5.69 Å². The van der Waals surface area contributed by atoms with Crippen LogP contribution in [0.1, 0.15) is 35.5 Å². The SMILES string of the molecule is Cc1c(C(=O)Nc2ccccc2CN2CC(C)OC(C)C2)cnn1-c1ccccc1F. The van der Waals surface area contributed by atoms with Crippen LogP contribution in [0.2, 0.25) is 0 Å². The fraction of sp³-hybridized carbons (Fsp3) is 0.333. The van der Waals surface area contributed by atoms with E-state index in [1.165, 1.54) is 16.9 Å². The Balaban J connectivity index is 1.53. The molecule has 1 aromatic heterocycles. The lowest BCUT2D eigenvalue weighted by molar-refractivity contribution is -0.0704. The van der Waals surface area contributed by atoms with Crippen LogP contribution >= 0.6 is 0 Å². The summed E-state index contributed by atoms with van der Waals surface area (Å²) in [7, 11) is 0. The minimum absolute atomic E-state index is 0.178. The molecule has 0 radical (unpaired) electrons. The summed E-state index contributed by atoms with van der Waals surface area (Å²) in [5.41, 5.74) is 3.10. The first-order valence-corrected chi connectivity index (χ1v) is 10.5. The third-order valence-corrected chi connectivity index (χ3v) is 5.49. The predicted octanol–water partition coefficient (Wildman–Crippen LogP) is 4.18. The van der Waals surface area contributed by atoms with Gasteiger partial charge in [0.2, 0.25) is 0 Å². The zero-order chi connectivity index (χ0) is 22.0. The number of benzene rings is 2. The zero-order valence-corrected chi connectivity index (χ0v) is 18.0. The second-order valence-corrected chi connectivity index (χ2v) is 8.07. The van der Waals surface area contributed by atoms with E-state index in [4.69, 9.17) is 4.74 Å². The van der Waals surface area contributed by atoms with Gasteiger partial charge in [0, 0.05) is 25.3 Å². The van der Waals surface area contributed by atoms with Crippen molar-refractivity contribution in [2.24, 2.45) is 0 Å². The van der Waals surface area contributed by atoms with Gasteiger partial charge in [-0.05, 0) is 44.5 Å². The van der Waals surface area contributed by atoms with Crippen LogP contribution in [-0.2, 0) is 11.3 Å². The maximum Gasteiger partial charge on any atom is 0.259 e. The van der Waals surface area contributed by atoms with E-state index in [9.17, 15) is 9.18 Å². The average molecular weight is 423 g/mol. The van der Waals surface area contributed by atoms with E-state index in [0.29, 0.717) is 16.9 Å². The average Bonchev–Trinajstić information content (AvgIpc) is 3.10. The Labute approximate surface area is 181 Å². The van der Waals surface area contributed by atoms with Gasteiger partial charge < -0.3 is 10.1 Å². The van der Waals surface area contributed by atoms with Crippen LogP contribution in [0.3, 0.4) is 0 Å². The quantitative estimate of drug-likeness (QED) is 0.670. The largest absolute Gasteiger partial charge is 0.373 e. The standard InChI is InChI=1S/C24H27FN4O2/c1-16-13-28(14-17(2)31-16)15-19-8-4-6-10-22(19)27-24(30)20-12-26-29(18(20)3)23-11-7-5-9-21(23)25/h4-12,16-17H,13-15H2,1-3H3,(H,27,30). The molecule has 0 bridgehead atoms. The predicted molar refractivity (Wildman–Crippen MR) is 118 cm³/mol. The number of para-hydroxylation sites is 2. The van der Waals surface area contributed by atoms with Crippen molar-refractivity contribution in [2.75, 3.05) is 18.4 Å². The van der Waals surface area contributed by atoms with Crippen LogP contribution in [0.25, 0.3) is 5.69 Å². The lowest BCUT2D eigenvalue weighted by Crippen LogP contribution is -2.44. The maximum atomic E-state index is 14.2. The third-order valence-electron chi connectivity index (χ3n) is 5.49. The highest BCUT2D eigenvalue weighted by atomic mass is 19.1. The molecule has 6 nitrogen and oxygen atoms in total. The first kappa shape index (κ1) is 21.2. The Hall–Kier alpha value is -3.03. The van der Waals surface area contributed by atoms with Crippen LogP contribution in [-0.4, -0.2) is 45.9 Å². The van der Waals surface area contributed by atoms with Crippen LogP contribution in [0.15, 0.2) is 54.7 Å². The second kappa shape index (κ2) is 8.99. The summed E-state index contributed by atoms with van der Waals surface area (Å²) in [4.78, 5) is 15.4. The number of rotatable bonds is 5.